The maximum absolute atomic E-state index is 16.1. The van der Waals surface area contributed by atoms with Gasteiger partial charge in [0.2, 0.25) is 0 Å². The van der Waals surface area contributed by atoms with E-state index in [1.165, 1.54) is 18.0 Å². The minimum absolute atomic E-state index is 0.215. The van der Waals surface area contributed by atoms with Crippen LogP contribution in [0.4, 0.5) is 24.8 Å². The molecule has 8 bridgehead atoms. The van der Waals surface area contributed by atoms with Gasteiger partial charge < -0.3 is 15.1 Å². The fourth-order valence-corrected chi connectivity index (χ4v) is 9.17. The normalized spacial score (nSPS) is 31.0. The van der Waals surface area contributed by atoms with Gasteiger partial charge >= 0.3 is 0 Å². The second kappa shape index (κ2) is 13.6. The van der Waals surface area contributed by atoms with Crippen LogP contribution in [0.3, 0.4) is 0 Å². The summed E-state index contributed by atoms with van der Waals surface area (Å²) in [6, 6.07) is 4.20. The maximum atomic E-state index is 16.1. The van der Waals surface area contributed by atoms with Crippen molar-refractivity contribution in [2.45, 2.75) is 89.6 Å². The molecule has 0 saturated carbocycles. The van der Waals surface area contributed by atoms with Crippen molar-refractivity contribution in [3.8, 4) is 0 Å². The number of nitrogens with zero attached hydrogens (tertiary/aromatic N) is 4. The zero-order chi connectivity index (χ0) is 31.7. The molecule has 0 radical (unpaired) electrons. The smallest absolute Gasteiger partial charge is 0.278 e. The molecule has 2 aromatic rings. The molecule has 5 aliphatic heterocycles. The summed E-state index contributed by atoms with van der Waals surface area (Å²) in [6.45, 7) is 10.7. The van der Waals surface area contributed by atoms with Gasteiger partial charge in [-0.2, -0.15) is 10.5 Å². The predicted molar refractivity (Wildman–Crippen MR) is 183 cm³/mol. The molecular weight excluding hydrogens is 591 g/mol. The van der Waals surface area contributed by atoms with E-state index in [0.29, 0.717) is 43.7 Å². The molecule has 5 aliphatic rings. The Morgan fingerprint density at radius 3 is 2.44 bits per heavy atom. The molecule has 0 aliphatic carbocycles. The topological polar surface area (TPSA) is 44.3 Å². The molecule has 2 fully saturated rings. The number of halogens is 3. The molecule has 7 rings (SSSR count). The van der Waals surface area contributed by atoms with Crippen LogP contribution < -0.4 is 10.2 Å². The van der Waals surface area contributed by atoms with Gasteiger partial charge in [-0.1, -0.05) is 49.9 Å². The number of aromatic nitrogens is 2. The lowest BCUT2D eigenvalue weighted by molar-refractivity contribution is -0.0907. The first-order chi connectivity index (χ1) is 21.6. The zero-order valence-electron chi connectivity index (χ0n) is 26.8. The highest BCUT2D eigenvalue weighted by Gasteiger charge is 2.45. The van der Waals surface area contributed by atoms with Crippen LogP contribution >= 0.6 is 10.5 Å². The van der Waals surface area contributed by atoms with Crippen LogP contribution in [-0.2, 0) is 5.92 Å². The standard InChI is InChI=1S/C36H48F3N5S/c1-24-10-7-5-6-8-17-44-26(3)30(27-15-20-45(4)21-16-27)22-31-34(40-23-41-35(31)44)42-25(2)29-11-9-12-32(33(29)37)36(38,39)28-13-18-43(24)19-14-28/h9,11-12,22-25,27-28H,3-8,10,13-21H2,1-2H3,(H,40,41,42)/t24?,25-,27?,45?/m1/s1. The van der Waals surface area contributed by atoms with E-state index in [0.717, 1.165) is 80.1 Å². The van der Waals surface area contributed by atoms with Crippen molar-refractivity contribution in [1.82, 2.24) is 14.9 Å². The first-order valence-electron chi connectivity index (χ1n) is 16.8. The van der Waals surface area contributed by atoms with Crippen molar-refractivity contribution in [2.24, 2.45) is 11.8 Å². The minimum Gasteiger partial charge on any atom is -0.363 e. The van der Waals surface area contributed by atoms with Gasteiger partial charge in [0.25, 0.3) is 5.92 Å². The number of nitrogens with one attached hydrogen (secondary N) is 1. The van der Waals surface area contributed by atoms with E-state index < -0.39 is 29.3 Å². The number of hydrogen-bond donors (Lipinski definition) is 1. The van der Waals surface area contributed by atoms with Crippen LogP contribution in [0.1, 0.15) is 94.4 Å². The van der Waals surface area contributed by atoms with Crippen LogP contribution in [-0.4, -0.2) is 57.9 Å². The van der Waals surface area contributed by atoms with Gasteiger partial charge in [-0.05, 0) is 94.5 Å². The summed E-state index contributed by atoms with van der Waals surface area (Å²) in [4.78, 5) is 13.9. The van der Waals surface area contributed by atoms with Gasteiger partial charge in [0.1, 0.15) is 23.8 Å². The Kier molecular flexibility index (Phi) is 9.76. The molecule has 9 heteroatoms. The molecule has 1 unspecified atom stereocenters. The third kappa shape index (κ3) is 6.62. The molecule has 0 spiro atoms. The molecule has 2 saturated heterocycles. The fourth-order valence-electron chi connectivity index (χ4n) is 7.73. The molecule has 0 amide bonds. The van der Waals surface area contributed by atoms with E-state index >= 15 is 13.2 Å². The lowest BCUT2D eigenvalue weighted by Gasteiger charge is -2.39. The zero-order valence-corrected chi connectivity index (χ0v) is 27.7. The summed E-state index contributed by atoms with van der Waals surface area (Å²) < 4.78 is 48.0. The number of benzene rings is 1. The van der Waals surface area contributed by atoms with Gasteiger partial charge in [-0.3, -0.25) is 0 Å². The van der Waals surface area contributed by atoms with Gasteiger partial charge in [0.05, 0.1) is 17.2 Å². The second-order valence-electron chi connectivity index (χ2n) is 13.5. The molecular formula is C36H48F3N5S. The largest absolute Gasteiger partial charge is 0.363 e. The van der Waals surface area contributed by atoms with E-state index in [1.54, 1.807) is 12.1 Å². The number of alkyl halides is 2. The average molecular weight is 640 g/mol. The van der Waals surface area contributed by atoms with Crippen LogP contribution in [0.5, 0.6) is 0 Å². The van der Waals surface area contributed by atoms with E-state index in [9.17, 15) is 0 Å². The average Bonchev–Trinajstić information content (AvgIpc) is 3.03. The molecule has 2 atom stereocenters. The van der Waals surface area contributed by atoms with Crippen molar-refractivity contribution >= 4 is 34.1 Å². The Hall–Kier alpha value is -2.65. The molecule has 5 nitrogen and oxygen atoms in total. The molecule has 244 valence electrons. The Bertz CT molecular complexity index is 1440. The number of hydrogen-bond acceptors (Lipinski definition) is 5. The summed E-state index contributed by atoms with van der Waals surface area (Å²) in [5.74, 6) is 3.38. The molecule has 1 aromatic heterocycles. The van der Waals surface area contributed by atoms with Crippen molar-refractivity contribution in [2.75, 3.05) is 41.4 Å². The predicted octanol–water partition coefficient (Wildman–Crippen LogP) is 8.77. The van der Waals surface area contributed by atoms with Gasteiger partial charge in [0.15, 0.2) is 0 Å². The monoisotopic (exact) mass is 639 g/mol. The van der Waals surface area contributed by atoms with Gasteiger partial charge in [-0.25, -0.2) is 23.1 Å². The van der Waals surface area contributed by atoms with Crippen LogP contribution in [0.2, 0.25) is 0 Å². The van der Waals surface area contributed by atoms with Crippen LogP contribution in [0, 0.1) is 17.7 Å². The van der Waals surface area contributed by atoms with E-state index in [4.69, 9.17) is 4.98 Å². The third-order valence-corrected chi connectivity index (χ3v) is 12.3. The van der Waals surface area contributed by atoms with Crippen molar-refractivity contribution in [3.05, 3.63) is 64.9 Å². The second-order valence-corrected chi connectivity index (χ2v) is 15.6. The Morgan fingerprint density at radius 2 is 1.69 bits per heavy atom. The third-order valence-electron chi connectivity index (χ3n) is 10.7. The highest BCUT2D eigenvalue weighted by Crippen LogP contribution is 2.46. The molecule has 45 heavy (non-hydrogen) atoms. The van der Waals surface area contributed by atoms with E-state index in [1.807, 2.05) is 6.92 Å². The molecule has 1 N–H and O–H groups in total. The first-order valence-corrected chi connectivity index (χ1v) is 18.6. The minimum atomic E-state index is -3.24. The van der Waals surface area contributed by atoms with Crippen molar-refractivity contribution < 1.29 is 13.2 Å². The first kappa shape index (κ1) is 32.3. The molecule has 1 aromatic carbocycles. The van der Waals surface area contributed by atoms with Gasteiger partial charge in [0, 0.05) is 29.8 Å². The lowest BCUT2D eigenvalue weighted by atomic mass is 9.84. The molecule has 6 heterocycles. The van der Waals surface area contributed by atoms with Gasteiger partial charge in [-0.15, -0.1) is 0 Å². The number of fused-ring (bicyclic) bond motifs is 9. The Labute approximate surface area is 269 Å². The van der Waals surface area contributed by atoms with E-state index in [2.05, 4.69) is 45.5 Å². The number of piperidine rings is 1. The van der Waals surface area contributed by atoms with Crippen LogP contribution in [0.25, 0.3) is 6.08 Å². The Morgan fingerprint density at radius 1 is 0.956 bits per heavy atom. The van der Waals surface area contributed by atoms with E-state index in [-0.39, 0.29) is 16.0 Å². The Balaban J connectivity index is 1.37. The summed E-state index contributed by atoms with van der Waals surface area (Å²) in [7, 11) is 0.216. The van der Waals surface area contributed by atoms with Crippen molar-refractivity contribution in [1.29, 1.82) is 0 Å². The fraction of sp³-hybridized carbons (Fsp3) is 0.583. The summed E-state index contributed by atoms with van der Waals surface area (Å²) in [5, 5.41) is 3.39. The summed E-state index contributed by atoms with van der Waals surface area (Å²) in [6.07, 6.45) is 12.0. The maximum Gasteiger partial charge on any atom is 0.278 e. The lowest BCUT2D eigenvalue weighted by Crippen LogP contribution is -2.43. The highest BCUT2D eigenvalue weighted by molar-refractivity contribution is 8.14. The number of rotatable bonds is 1. The van der Waals surface area contributed by atoms with Crippen LogP contribution in [0.15, 0.2) is 42.4 Å². The number of anilines is 2. The summed E-state index contributed by atoms with van der Waals surface area (Å²) in [5.41, 5.74) is 2.80. The highest BCUT2D eigenvalue weighted by atomic mass is 32.2. The SMILES string of the molecule is C=C1C(C2CCS(=C)CC2)=Cc2c3ncnc2N1CCCCCCC(C)N1CCC(CC1)C(F)(F)c1cccc(c1F)[C@@H](C)N3. The quantitative estimate of drug-likeness (QED) is 0.316. The summed E-state index contributed by atoms with van der Waals surface area (Å²) >= 11 is 0. The number of allylic oxidation sites excluding steroid dienone is 1. The van der Waals surface area contributed by atoms with Crippen molar-refractivity contribution in [3.63, 3.8) is 0 Å².